The number of carbonyl (C=O) groups is 2. The smallest absolute Gasteiger partial charge is 0.295 e. The van der Waals surface area contributed by atoms with E-state index in [0.29, 0.717) is 23.5 Å². The van der Waals surface area contributed by atoms with Crippen molar-refractivity contribution in [3.63, 3.8) is 0 Å². The summed E-state index contributed by atoms with van der Waals surface area (Å²) in [5.74, 6) is -0.0829. The van der Waals surface area contributed by atoms with E-state index in [1.54, 1.807) is 68.0 Å². The SMILES string of the molecule is CCOc1ccc(/C(O)=C2/C(=O)C(=O)N(Cc3ccncc3)C2c2ccc(OC)cc2)cc1C(C)C. The topological polar surface area (TPSA) is 89.0 Å². The van der Waals surface area contributed by atoms with Gasteiger partial charge in [0.1, 0.15) is 17.3 Å². The number of nitrogens with zero attached hydrogens (tertiary/aromatic N) is 2. The second-order valence-electron chi connectivity index (χ2n) is 8.90. The van der Waals surface area contributed by atoms with E-state index < -0.39 is 17.7 Å². The van der Waals surface area contributed by atoms with Gasteiger partial charge in [0.2, 0.25) is 0 Å². The molecule has 1 saturated heterocycles. The first-order valence-corrected chi connectivity index (χ1v) is 11.9. The van der Waals surface area contributed by atoms with Crippen LogP contribution in [0.2, 0.25) is 0 Å². The predicted molar refractivity (Wildman–Crippen MR) is 137 cm³/mol. The number of amides is 1. The second kappa shape index (κ2) is 10.6. The zero-order chi connectivity index (χ0) is 25.8. The van der Waals surface area contributed by atoms with Crippen molar-refractivity contribution in [1.82, 2.24) is 9.88 Å². The molecule has 1 aliphatic rings. The van der Waals surface area contributed by atoms with E-state index in [1.165, 1.54) is 4.90 Å². The Bertz CT molecular complexity index is 1280. The third kappa shape index (κ3) is 4.82. The Morgan fingerprint density at radius 3 is 2.36 bits per heavy atom. The number of hydrogen-bond acceptors (Lipinski definition) is 6. The zero-order valence-corrected chi connectivity index (χ0v) is 20.9. The minimum atomic E-state index is -0.766. The van der Waals surface area contributed by atoms with Gasteiger partial charge in [-0.2, -0.15) is 0 Å². The molecule has 1 atom stereocenters. The zero-order valence-electron chi connectivity index (χ0n) is 20.9. The molecule has 0 aliphatic carbocycles. The molecule has 36 heavy (non-hydrogen) atoms. The van der Waals surface area contributed by atoms with Crippen molar-refractivity contribution in [2.45, 2.75) is 39.3 Å². The fourth-order valence-electron chi connectivity index (χ4n) is 4.45. The van der Waals surface area contributed by atoms with E-state index in [-0.39, 0.29) is 23.8 Å². The molecule has 0 saturated carbocycles. The van der Waals surface area contributed by atoms with Crippen LogP contribution in [-0.4, -0.2) is 40.4 Å². The average Bonchev–Trinajstić information content (AvgIpc) is 3.14. The van der Waals surface area contributed by atoms with Gasteiger partial charge >= 0.3 is 0 Å². The van der Waals surface area contributed by atoms with Crippen molar-refractivity contribution in [2.75, 3.05) is 13.7 Å². The Kier molecular flexibility index (Phi) is 7.38. The van der Waals surface area contributed by atoms with Crippen LogP contribution in [-0.2, 0) is 16.1 Å². The first-order valence-electron chi connectivity index (χ1n) is 11.9. The molecule has 1 aliphatic heterocycles. The molecule has 1 aromatic heterocycles. The van der Waals surface area contributed by atoms with Crippen molar-refractivity contribution in [3.8, 4) is 11.5 Å². The fourth-order valence-corrected chi connectivity index (χ4v) is 4.45. The molecule has 2 aromatic carbocycles. The first-order chi connectivity index (χ1) is 17.3. The summed E-state index contributed by atoms with van der Waals surface area (Å²) in [5.41, 5.74) is 2.95. The minimum absolute atomic E-state index is 0.0538. The molecule has 4 rings (SSSR count). The Morgan fingerprint density at radius 2 is 1.75 bits per heavy atom. The number of ketones is 1. The van der Waals surface area contributed by atoms with Crippen LogP contribution in [0.25, 0.3) is 5.76 Å². The molecule has 0 bridgehead atoms. The number of aromatic nitrogens is 1. The van der Waals surface area contributed by atoms with Crippen LogP contribution in [0.15, 0.2) is 72.6 Å². The lowest BCUT2D eigenvalue weighted by atomic mass is 9.93. The molecule has 7 nitrogen and oxygen atoms in total. The number of carbonyl (C=O) groups excluding carboxylic acids is 2. The molecular formula is C29H30N2O5. The van der Waals surface area contributed by atoms with Crippen molar-refractivity contribution < 1.29 is 24.2 Å². The molecule has 0 radical (unpaired) electrons. The molecule has 1 amide bonds. The fraction of sp³-hybridized carbons (Fsp3) is 0.276. The third-order valence-electron chi connectivity index (χ3n) is 6.28. The standard InChI is InChI=1S/C29H30N2O5/c1-5-36-24-11-8-21(16-23(24)18(2)3)27(32)25-26(20-6-9-22(35-4)10-7-20)31(29(34)28(25)33)17-19-12-14-30-15-13-19/h6-16,18,26,32H,5,17H2,1-4H3/b27-25-. The van der Waals surface area contributed by atoms with Gasteiger partial charge in [0, 0.05) is 24.5 Å². The molecule has 1 N–H and O–H groups in total. The molecular weight excluding hydrogens is 456 g/mol. The van der Waals surface area contributed by atoms with Gasteiger partial charge in [-0.25, -0.2) is 0 Å². The van der Waals surface area contributed by atoms with Gasteiger partial charge in [-0.05, 0) is 72.0 Å². The summed E-state index contributed by atoms with van der Waals surface area (Å²) < 4.78 is 11.0. The highest BCUT2D eigenvalue weighted by Gasteiger charge is 2.46. The predicted octanol–water partition coefficient (Wildman–Crippen LogP) is 5.23. The lowest BCUT2D eigenvalue weighted by Gasteiger charge is -2.25. The number of ether oxygens (including phenoxy) is 2. The molecule has 0 spiro atoms. The van der Waals surface area contributed by atoms with Crippen molar-refractivity contribution in [1.29, 1.82) is 0 Å². The summed E-state index contributed by atoms with van der Waals surface area (Å²) in [6.07, 6.45) is 3.28. The van der Waals surface area contributed by atoms with Crippen molar-refractivity contribution in [3.05, 3.63) is 94.8 Å². The van der Waals surface area contributed by atoms with E-state index >= 15 is 0 Å². The Hall–Kier alpha value is -4.13. The number of Topliss-reactive ketones (excluding diaryl/α,β-unsaturated/α-hetero) is 1. The van der Waals surface area contributed by atoms with Crippen LogP contribution < -0.4 is 9.47 Å². The van der Waals surface area contributed by atoms with Crippen LogP contribution in [0.3, 0.4) is 0 Å². The Balaban J connectivity index is 1.86. The van der Waals surface area contributed by atoms with Gasteiger partial charge in [-0.1, -0.05) is 26.0 Å². The summed E-state index contributed by atoms with van der Waals surface area (Å²) >= 11 is 0. The Morgan fingerprint density at radius 1 is 1.06 bits per heavy atom. The lowest BCUT2D eigenvalue weighted by Crippen LogP contribution is -2.29. The van der Waals surface area contributed by atoms with Crippen LogP contribution in [0.4, 0.5) is 0 Å². The van der Waals surface area contributed by atoms with Crippen LogP contribution in [0.5, 0.6) is 11.5 Å². The minimum Gasteiger partial charge on any atom is -0.507 e. The van der Waals surface area contributed by atoms with Gasteiger partial charge in [0.15, 0.2) is 0 Å². The lowest BCUT2D eigenvalue weighted by molar-refractivity contribution is -0.140. The molecule has 3 aromatic rings. The largest absolute Gasteiger partial charge is 0.507 e. The Labute approximate surface area is 211 Å². The number of aliphatic hydroxyl groups is 1. The maximum atomic E-state index is 13.3. The number of benzene rings is 2. The summed E-state index contributed by atoms with van der Waals surface area (Å²) in [7, 11) is 1.57. The monoisotopic (exact) mass is 486 g/mol. The molecule has 1 unspecified atom stereocenters. The highest BCUT2D eigenvalue weighted by atomic mass is 16.5. The van der Waals surface area contributed by atoms with Gasteiger partial charge in [0.05, 0.1) is 25.3 Å². The number of pyridine rings is 1. The van der Waals surface area contributed by atoms with Gasteiger partial charge in [-0.3, -0.25) is 14.6 Å². The number of aliphatic hydroxyl groups excluding tert-OH is 1. The summed E-state index contributed by atoms with van der Waals surface area (Å²) in [5, 5.41) is 11.5. The number of likely N-dealkylation sites (tertiary alicyclic amines) is 1. The maximum absolute atomic E-state index is 13.3. The highest BCUT2D eigenvalue weighted by Crippen LogP contribution is 2.41. The quantitative estimate of drug-likeness (QED) is 0.266. The maximum Gasteiger partial charge on any atom is 0.295 e. The molecule has 186 valence electrons. The highest BCUT2D eigenvalue weighted by molar-refractivity contribution is 6.46. The van der Waals surface area contributed by atoms with E-state index in [4.69, 9.17) is 9.47 Å². The first kappa shape index (κ1) is 25.0. The molecule has 1 fully saturated rings. The molecule has 7 heteroatoms. The number of hydrogen-bond donors (Lipinski definition) is 1. The van der Waals surface area contributed by atoms with Gasteiger partial charge in [0.25, 0.3) is 11.7 Å². The number of rotatable bonds is 8. The van der Waals surface area contributed by atoms with Gasteiger partial charge in [-0.15, -0.1) is 0 Å². The van der Waals surface area contributed by atoms with Crippen LogP contribution in [0, 0.1) is 0 Å². The van der Waals surface area contributed by atoms with Crippen LogP contribution >= 0.6 is 0 Å². The van der Waals surface area contributed by atoms with E-state index in [0.717, 1.165) is 16.9 Å². The second-order valence-corrected chi connectivity index (χ2v) is 8.90. The summed E-state index contributed by atoms with van der Waals surface area (Å²) in [6, 6.07) is 15.3. The van der Waals surface area contributed by atoms with Crippen LogP contribution in [0.1, 0.15) is 55.0 Å². The number of methoxy groups -OCH3 is 1. The van der Waals surface area contributed by atoms with E-state index in [2.05, 4.69) is 4.98 Å². The van der Waals surface area contributed by atoms with E-state index in [9.17, 15) is 14.7 Å². The van der Waals surface area contributed by atoms with E-state index in [1.807, 2.05) is 26.8 Å². The van der Waals surface area contributed by atoms with Crippen molar-refractivity contribution >= 4 is 17.4 Å². The average molecular weight is 487 g/mol. The van der Waals surface area contributed by atoms with Gasteiger partial charge < -0.3 is 19.5 Å². The van der Waals surface area contributed by atoms with Crippen molar-refractivity contribution in [2.24, 2.45) is 0 Å². The summed E-state index contributed by atoms with van der Waals surface area (Å²) in [6.45, 7) is 6.69. The summed E-state index contributed by atoms with van der Waals surface area (Å²) in [4.78, 5) is 32.1. The normalized spacial score (nSPS) is 17.0. The molecule has 2 heterocycles. The third-order valence-corrected chi connectivity index (χ3v) is 6.28.